The van der Waals surface area contributed by atoms with Gasteiger partial charge in [0.2, 0.25) is 0 Å². The van der Waals surface area contributed by atoms with Crippen LogP contribution in [0.5, 0.6) is 0 Å². The van der Waals surface area contributed by atoms with Crippen LogP contribution in [-0.4, -0.2) is 19.6 Å². The van der Waals surface area contributed by atoms with Gasteiger partial charge in [-0.25, -0.2) is 4.79 Å². The Labute approximate surface area is 118 Å². The van der Waals surface area contributed by atoms with Gasteiger partial charge in [0.05, 0.1) is 12.7 Å². The largest absolute Gasteiger partial charge is 0.466 e. The smallest absolute Gasteiger partial charge is 0.335 e. The van der Waals surface area contributed by atoms with Gasteiger partial charge in [-0.2, -0.15) is 0 Å². The number of carbonyl (C=O) groups excluding carboxylic acids is 1. The number of fused-ring (bicyclic) bond motifs is 1. The second-order valence-corrected chi connectivity index (χ2v) is 4.33. The average molecular weight is 265 g/mol. The Kier molecular flexibility index (Phi) is 4.19. The van der Waals surface area contributed by atoms with E-state index in [1.807, 2.05) is 36.4 Å². The predicted octanol–water partition coefficient (Wildman–Crippen LogP) is 2.34. The van der Waals surface area contributed by atoms with Crippen LogP contribution in [0.2, 0.25) is 0 Å². The molecular weight excluding hydrogens is 250 g/mol. The molecule has 0 bridgehead atoms. The fraction of sp³-hybridized carbons (Fsp3) is 0.118. The summed E-state index contributed by atoms with van der Waals surface area (Å²) in [7, 11) is 1.34. The molecule has 3 nitrogen and oxygen atoms in total. The van der Waals surface area contributed by atoms with Crippen molar-refractivity contribution in [2.45, 2.75) is 0 Å². The number of nitrogens with two attached hydrogens (primary N) is 1. The van der Waals surface area contributed by atoms with Gasteiger partial charge in [0.15, 0.2) is 0 Å². The topological polar surface area (TPSA) is 52.3 Å². The molecule has 0 unspecified atom stereocenters. The maximum atomic E-state index is 11.5. The fourth-order valence-corrected chi connectivity index (χ4v) is 1.98. The Morgan fingerprint density at radius 1 is 1.30 bits per heavy atom. The Morgan fingerprint density at radius 2 is 2.00 bits per heavy atom. The Bertz CT molecular complexity index is 723. The zero-order valence-electron chi connectivity index (χ0n) is 11.2. The third-order valence-electron chi connectivity index (χ3n) is 3.04. The van der Waals surface area contributed by atoms with Crippen LogP contribution in [0.1, 0.15) is 11.1 Å². The Hall–Kier alpha value is -2.57. The molecule has 2 N–H and O–H groups in total. The summed E-state index contributed by atoms with van der Waals surface area (Å²) in [6.45, 7) is 0.140. The molecule has 0 spiro atoms. The van der Waals surface area contributed by atoms with Crippen LogP contribution in [0.3, 0.4) is 0 Å². The third-order valence-corrected chi connectivity index (χ3v) is 3.04. The number of terminal acetylenes is 1. The summed E-state index contributed by atoms with van der Waals surface area (Å²) in [6, 6.07) is 11.7. The zero-order valence-corrected chi connectivity index (χ0v) is 11.2. The first-order chi connectivity index (χ1) is 9.67. The number of esters is 1. The molecule has 0 aliphatic rings. The van der Waals surface area contributed by atoms with E-state index in [1.165, 1.54) is 7.11 Å². The second kappa shape index (κ2) is 6.05. The number of benzene rings is 2. The maximum absolute atomic E-state index is 11.5. The van der Waals surface area contributed by atoms with Gasteiger partial charge in [-0.1, -0.05) is 24.1 Å². The highest BCUT2D eigenvalue weighted by atomic mass is 16.5. The first kappa shape index (κ1) is 13.9. The van der Waals surface area contributed by atoms with Gasteiger partial charge >= 0.3 is 5.97 Å². The van der Waals surface area contributed by atoms with Crippen molar-refractivity contribution < 1.29 is 9.53 Å². The van der Waals surface area contributed by atoms with E-state index in [9.17, 15) is 4.79 Å². The number of rotatable bonds is 3. The number of carbonyl (C=O) groups is 1. The highest BCUT2D eigenvalue weighted by Crippen LogP contribution is 2.19. The van der Waals surface area contributed by atoms with Crippen molar-refractivity contribution in [2.24, 2.45) is 5.73 Å². The molecule has 0 radical (unpaired) electrons. The first-order valence-electron chi connectivity index (χ1n) is 6.17. The summed E-state index contributed by atoms with van der Waals surface area (Å²) in [5.41, 5.74) is 7.74. The summed E-state index contributed by atoms with van der Waals surface area (Å²) in [5, 5.41) is 2.11. The lowest BCUT2D eigenvalue weighted by Crippen LogP contribution is -2.13. The van der Waals surface area contributed by atoms with Gasteiger partial charge < -0.3 is 10.5 Å². The molecule has 3 heteroatoms. The molecule has 20 heavy (non-hydrogen) atoms. The van der Waals surface area contributed by atoms with E-state index in [2.05, 4.69) is 10.7 Å². The van der Waals surface area contributed by atoms with Gasteiger partial charge in [0.25, 0.3) is 0 Å². The lowest BCUT2D eigenvalue weighted by Gasteiger charge is -2.04. The van der Waals surface area contributed by atoms with E-state index in [-0.39, 0.29) is 6.54 Å². The molecule has 2 aromatic rings. The standard InChI is InChI=1S/C17H15NO2/c1-3-12-4-6-15-9-13(5-7-14(15)8-12)10-16(11-18)17(19)20-2/h1,4-10H,11,18H2,2H3/b16-10-. The van der Waals surface area contributed by atoms with E-state index in [4.69, 9.17) is 12.2 Å². The van der Waals surface area contributed by atoms with Crippen molar-refractivity contribution in [3.63, 3.8) is 0 Å². The van der Waals surface area contributed by atoms with Crippen molar-refractivity contribution in [3.05, 3.63) is 53.1 Å². The lowest BCUT2D eigenvalue weighted by atomic mass is 10.0. The summed E-state index contributed by atoms with van der Waals surface area (Å²) in [6.07, 6.45) is 7.11. The molecule has 2 rings (SSSR count). The van der Waals surface area contributed by atoms with Crippen molar-refractivity contribution in [1.29, 1.82) is 0 Å². The number of hydrogen-bond acceptors (Lipinski definition) is 3. The zero-order chi connectivity index (χ0) is 14.5. The molecular formula is C17H15NO2. The number of ether oxygens (including phenoxy) is 1. The summed E-state index contributed by atoms with van der Waals surface area (Å²) in [5.74, 6) is 2.20. The van der Waals surface area contributed by atoms with Crippen LogP contribution in [0.25, 0.3) is 16.8 Å². The monoisotopic (exact) mass is 265 g/mol. The summed E-state index contributed by atoms with van der Waals surface area (Å²) in [4.78, 5) is 11.5. The average Bonchev–Trinajstić information content (AvgIpc) is 2.51. The Morgan fingerprint density at radius 3 is 2.65 bits per heavy atom. The maximum Gasteiger partial charge on any atom is 0.335 e. The molecule has 100 valence electrons. The van der Waals surface area contributed by atoms with E-state index in [0.717, 1.165) is 21.9 Å². The van der Waals surface area contributed by atoms with Crippen molar-refractivity contribution >= 4 is 22.8 Å². The molecule has 0 saturated heterocycles. The first-order valence-corrected chi connectivity index (χ1v) is 6.17. The summed E-state index contributed by atoms with van der Waals surface area (Å²) < 4.78 is 4.68. The van der Waals surface area contributed by atoms with Crippen LogP contribution in [0.4, 0.5) is 0 Å². The number of methoxy groups -OCH3 is 1. The van der Waals surface area contributed by atoms with Crippen LogP contribution in [0.15, 0.2) is 42.0 Å². The van der Waals surface area contributed by atoms with Gasteiger partial charge in [0.1, 0.15) is 0 Å². The molecule has 0 fully saturated rings. The molecule has 0 aromatic heterocycles. The van der Waals surface area contributed by atoms with Crippen molar-refractivity contribution in [1.82, 2.24) is 0 Å². The molecule has 0 atom stereocenters. The van der Waals surface area contributed by atoms with Crippen LogP contribution in [0, 0.1) is 12.3 Å². The molecule has 0 amide bonds. The molecule has 0 aliphatic carbocycles. The molecule has 0 aliphatic heterocycles. The minimum atomic E-state index is -0.407. The van der Waals surface area contributed by atoms with E-state index in [0.29, 0.717) is 5.57 Å². The van der Waals surface area contributed by atoms with Crippen LogP contribution >= 0.6 is 0 Å². The van der Waals surface area contributed by atoms with Gasteiger partial charge in [0, 0.05) is 12.1 Å². The van der Waals surface area contributed by atoms with Crippen molar-refractivity contribution in [3.8, 4) is 12.3 Å². The van der Waals surface area contributed by atoms with E-state index in [1.54, 1.807) is 6.08 Å². The normalized spacial score (nSPS) is 11.2. The van der Waals surface area contributed by atoms with E-state index >= 15 is 0 Å². The second-order valence-electron chi connectivity index (χ2n) is 4.33. The lowest BCUT2D eigenvalue weighted by molar-refractivity contribution is -0.136. The van der Waals surface area contributed by atoms with Gasteiger partial charge in [-0.15, -0.1) is 6.42 Å². The predicted molar refractivity (Wildman–Crippen MR) is 80.9 cm³/mol. The third kappa shape index (κ3) is 2.87. The SMILES string of the molecule is C#Cc1ccc2cc(/C=C(/CN)C(=O)OC)ccc2c1. The number of hydrogen-bond donors (Lipinski definition) is 1. The summed E-state index contributed by atoms with van der Waals surface area (Å²) >= 11 is 0. The highest BCUT2D eigenvalue weighted by Gasteiger charge is 2.07. The van der Waals surface area contributed by atoms with Crippen molar-refractivity contribution in [2.75, 3.05) is 13.7 Å². The minimum absolute atomic E-state index is 0.140. The molecule has 2 aromatic carbocycles. The van der Waals surface area contributed by atoms with Gasteiger partial charge in [-0.05, 0) is 40.6 Å². The molecule has 0 saturated carbocycles. The van der Waals surface area contributed by atoms with Crippen LogP contribution < -0.4 is 5.73 Å². The van der Waals surface area contributed by atoms with Crippen LogP contribution in [-0.2, 0) is 9.53 Å². The quantitative estimate of drug-likeness (QED) is 0.526. The fourth-order valence-electron chi connectivity index (χ4n) is 1.98. The van der Waals surface area contributed by atoms with Gasteiger partial charge in [-0.3, -0.25) is 0 Å². The Balaban J connectivity index is 2.44. The highest BCUT2D eigenvalue weighted by molar-refractivity contribution is 5.95. The molecule has 0 heterocycles. The minimum Gasteiger partial charge on any atom is -0.466 e. The van der Waals surface area contributed by atoms with E-state index < -0.39 is 5.97 Å².